The van der Waals surface area contributed by atoms with Gasteiger partial charge in [-0.3, -0.25) is 19.4 Å². The molecule has 1 aromatic heterocycles. The molecule has 33 heavy (non-hydrogen) atoms. The third-order valence-electron chi connectivity index (χ3n) is 5.24. The van der Waals surface area contributed by atoms with Gasteiger partial charge in [-0.15, -0.1) is 0 Å². The zero-order valence-corrected chi connectivity index (χ0v) is 18.2. The molecule has 0 radical (unpaired) electrons. The third kappa shape index (κ3) is 6.24. The summed E-state index contributed by atoms with van der Waals surface area (Å²) in [7, 11) is 0. The summed E-state index contributed by atoms with van der Waals surface area (Å²) in [5.41, 5.74) is 7.52. The highest BCUT2D eigenvalue weighted by Gasteiger charge is 2.17. The number of amides is 2. The van der Waals surface area contributed by atoms with Gasteiger partial charge in [0, 0.05) is 41.7 Å². The van der Waals surface area contributed by atoms with E-state index in [-0.39, 0.29) is 29.0 Å². The van der Waals surface area contributed by atoms with E-state index in [0.29, 0.717) is 22.3 Å². The van der Waals surface area contributed by atoms with Crippen molar-refractivity contribution in [3.63, 3.8) is 0 Å². The number of phenolic OH excluding ortho intramolecular Hbond substituents is 1. The van der Waals surface area contributed by atoms with Crippen LogP contribution in [0.5, 0.6) is 5.75 Å². The van der Waals surface area contributed by atoms with E-state index in [9.17, 15) is 19.5 Å². The monoisotopic (exact) mass is 446 g/mol. The second kappa shape index (κ2) is 11.0. The van der Waals surface area contributed by atoms with Crippen LogP contribution in [0.4, 0.5) is 0 Å². The zero-order valence-electron chi connectivity index (χ0n) is 18.2. The molecule has 2 amide bonds. The van der Waals surface area contributed by atoms with Crippen molar-refractivity contribution in [3.05, 3.63) is 94.8 Å². The topological polar surface area (TPSA) is 134 Å². The fourth-order valence-electron chi connectivity index (χ4n) is 3.43. The van der Waals surface area contributed by atoms with Gasteiger partial charge in [-0.1, -0.05) is 12.1 Å². The standard InChI is InChI=1S/C15H13NO3.C10H13N3O/c1-9-8-10(15(16)19)6-7-11(9)14(18)12-4-2-3-5-13(12)17;14-10(8-1-4-11-5-2-8)13-9-3-6-12-7-9/h2-8,17H,1H3,(H2,16,19);1-2,4-5,9,12H,3,6-7H2,(H,13,14)/t;9-/m.0/s1. The van der Waals surface area contributed by atoms with Gasteiger partial charge in [0.2, 0.25) is 5.91 Å². The minimum absolute atomic E-state index is 0.0129. The lowest BCUT2D eigenvalue weighted by Gasteiger charge is -2.10. The fourth-order valence-corrected chi connectivity index (χ4v) is 3.43. The predicted molar refractivity (Wildman–Crippen MR) is 124 cm³/mol. The number of ketones is 1. The molecule has 4 rings (SSSR count). The average molecular weight is 447 g/mol. The summed E-state index contributed by atoms with van der Waals surface area (Å²) in [6.45, 7) is 3.58. The van der Waals surface area contributed by atoms with Gasteiger partial charge >= 0.3 is 0 Å². The summed E-state index contributed by atoms with van der Waals surface area (Å²) in [4.78, 5) is 38.8. The smallest absolute Gasteiger partial charge is 0.251 e. The highest BCUT2D eigenvalue weighted by atomic mass is 16.3. The van der Waals surface area contributed by atoms with E-state index in [2.05, 4.69) is 15.6 Å². The number of aromatic nitrogens is 1. The van der Waals surface area contributed by atoms with Gasteiger partial charge in [-0.05, 0) is 67.9 Å². The normalized spacial score (nSPS) is 14.6. The highest BCUT2D eigenvalue weighted by molar-refractivity contribution is 6.11. The number of para-hydroxylation sites is 1. The summed E-state index contributed by atoms with van der Waals surface area (Å²) < 4.78 is 0. The number of carbonyl (C=O) groups excluding carboxylic acids is 3. The maximum Gasteiger partial charge on any atom is 0.251 e. The molecule has 1 aliphatic rings. The molecule has 0 unspecified atom stereocenters. The zero-order chi connectivity index (χ0) is 23.8. The minimum atomic E-state index is -0.537. The molecule has 0 aliphatic carbocycles. The molecule has 8 nitrogen and oxygen atoms in total. The lowest BCUT2D eigenvalue weighted by molar-refractivity contribution is 0.0938. The molecular formula is C25H26N4O4. The largest absolute Gasteiger partial charge is 0.507 e. The van der Waals surface area contributed by atoms with Gasteiger partial charge in [-0.2, -0.15) is 0 Å². The van der Waals surface area contributed by atoms with E-state index in [1.165, 1.54) is 12.1 Å². The summed E-state index contributed by atoms with van der Waals surface area (Å²) in [6.07, 6.45) is 4.26. The Kier molecular flexibility index (Phi) is 7.88. The van der Waals surface area contributed by atoms with E-state index >= 15 is 0 Å². The molecule has 1 atom stereocenters. The summed E-state index contributed by atoms with van der Waals surface area (Å²) in [5.74, 6) is -0.900. The number of hydrogen-bond donors (Lipinski definition) is 4. The summed E-state index contributed by atoms with van der Waals surface area (Å²) >= 11 is 0. The second-order valence-electron chi connectivity index (χ2n) is 7.64. The van der Waals surface area contributed by atoms with E-state index < -0.39 is 5.91 Å². The maximum absolute atomic E-state index is 12.3. The van der Waals surface area contributed by atoms with E-state index in [0.717, 1.165) is 19.5 Å². The Balaban J connectivity index is 0.000000194. The van der Waals surface area contributed by atoms with E-state index in [1.54, 1.807) is 61.8 Å². The number of pyridine rings is 1. The Morgan fingerprint density at radius 2 is 1.76 bits per heavy atom. The average Bonchev–Trinajstić information content (AvgIpc) is 3.33. The van der Waals surface area contributed by atoms with Crippen molar-refractivity contribution in [1.29, 1.82) is 0 Å². The van der Waals surface area contributed by atoms with Gasteiger partial charge < -0.3 is 21.5 Å². The quantitative estimate of drug-likeness (QED) is 0.444. The number of phenols is 1. The van der Waals surface area contributed by atoms with Crippen molar-refractivity contribution >= 4 is 17.6 Å². The molecule has 3 aromatic rings. The molecule has 170 valence electrons. The maximum atomic E-state index is 12.3. The molecule has 1 aliphatic heterocycles. The van der Waals surface area contributed by atoms with Crippen LogP contribution < -0.4 is 16.4 Å². The first kappa shape index (κ1) is 23.6. The number of carbonyl (C=O) groups is 3. The van der Waals surface area contributed by atoms with Crippen molar-refractivity contribution < 1.29 is 19.5 Å². The van der Waals surface area contributed by atoms with E-state index in [4.69, 9.17) is 5.73 Å². The molecule has 5 N–H and O–H groups in total. The lowest BCUT2D eigenvalue weighted by Crippen LogP contribution is -2.36. The molecule has 0 bridgehead atoms. The predicted octanol–water partition coefficient (Wildman–Crippen LogP) is 2.20. The van der Waals surface area contributed by atoms with Crippen molar-refractivity contribution in [2.24, 2.45) is 5.73 Å². The summed E-state index contributed by atoms with van der Waals surface area (Å²) in [5, 5.41) is 15.8. The van der Waals surface area contributed by atoms with Gasteiger partial charge in [0.1, 0.15) is 5.75 Å². The van der Waals surface area contributed by atoms with Crippen LogP contribution in [0.1, 0.15) is 48.6 Å². The Hall–Kier alpha value is -4.04. The van der Waals surface area contributed by atoms with Crippen molar-refractivity contribution in [3.8, 4) is 5.75 Å². The number of rotatable bonds is 5. The number of primary amides is 1. The third-order valence-corrected chi connectivity index (χ3v) is 5.24. The second-order valence-corrected chi connectivity index (χ2v) is 7.64. The lowest BCUT2D eigenvalue weighted by atomic mass is 9.96. The van der Waals surface area contributed by atoms with Gasteiger partial charge in [-0.25, -0.2) is 0 Å². The number of aromatic hydroxyl groups is 1. The Morgan fingerprint density at radius 1 is 1.03 bits per heavy atom. The van der Waals surface area contributed by atoms with E-state index in [1.807, 2.05) is 0 Å². The first-order chi connectivity index (χ1) is 15.9. The van der Waals surface area contributed by atoms with Gasteiger partial charge in [0.25, 0.3) is 5.91 Å². The summed E-state index contributed by atoms with van der Waals surface area (Å²) in [6, 6.07) is 14.7. The molecule has 0 saturated carbocycles. The number of hydrogen-bond acceptors (Lipinski definition) is 6. The van der Waals surface area contributed by atoms with Gasteiger partial charge in [0.15, 0.2) is 5.78 Å². The minimum Gasteiger partial charge on any atom is -0.507 e. The molecular weight excluding hydrogens is 420 g/mol. The molecule has 2 aromatic carbocycles. The van der Waals surface area contributed by atoms with Crippen LogP contribution in [-0.4, -0.2) is 46.8 Å². The Bertz CT molecular complexity index is 1140. The Labute approximate surface area is 191 Å². The molecule has 2 heterocycles. The van der Waals surface area contributed by atoms with Crippen LogP contribution in [-0.2, 0) is 0 Å². The van der Waals surface area contributed by atoms with Crippen molar-refractivity contribution in [2.75, 3.05) is 13.1 Å². The molecule has 0 spiro atoms. The SMILES string of the molecule is Cc1cc(C(N)=O)ccc1C(=O)c1ccccc1O.O=C(N[C@H]1CCNC1)c1ccncc1. The van der Waals surface area contributed by atoms with Crippen LogP contribution in [0.25, 0.3) is 0 Å². The van der Waals surface area contributed by atoms with Crippen LogP contribution in [0.15, 0.2) is 67.0 Å². The fraction of sp³-hybridized carbons (Fsp3) is 0.200. The number of benzene rings is 2. The Morgan fingerprint density at radius 3 is 2.36 bits per heavy atom. The molecule has 1 fully saturated rings. The van der Waals surface area contributed by atoms with Gasteiger partial charge in [0.05, 0.1) is 5.56 Å². The van der Waals surface area contributed by atoms with Crippen molar-refractivity contribution in [2.45, 2.75) is 19.4 Å². The van der Waals surface area contributed by atoms with Crippen LogP contribution in [0.2, 0.25) is 0 Å². The number of nitrogens with zero attached hydrogens (tertiary/aromatic N) is 1. The first-order valence-corrected chi connectivity index (χ1v) is 10.5. The molecule has 1 saturated heterocycles. The number of aryl methyl sites for hydroxylation is 1. The molecule has 8 heteroatoms. The number of nitrogens with two attached hydrogens (primary N) is 1. The van der Waals surface area contributed by atoms with Crippen molar-refractivity contribution in [1.82, 2.24) is 15.6 Å². The van der Waals surface area contributed by atoms with Crippen LogP contribution >= 0.6 is 0 Å². The van der Waals surface area contributed by atoms with Crippen LogP contribution in [0, 0.1) is 6.92 Å². The highest BCUT2D eigenvalue weighted by Crippen LogP contribution is 2.22. The number of nitrogens with one attached hydrogen (secondary N) is 2. The van der Waals surface area contributed by atoms with Crippen LogP contribution in [0.3, 0.4) is 0 Å². The first-order valence-electron chi connectivity index (χ1n) is 10.5.